The van der Waals surface area contributed by atoms with Gasteiger partial charge in [0.05, 0.1) is 6.61 Å². The molecular weight excluding hydrogens is 206 g/mol. The van der Waals surface area contributed by atoms with Gasteiger partial charge in [0.1, 0.15) is 6.61 Å². The van der Waals surface area contributed by atoms with Crippen molar-refractivity contribution >= 4 is 0 Å². The highest BCUT2D eigenvalue weighted by Crippen LogP contribution is 2.39. The summed E-state index contributed by atoms with van der Waals surface area (Å²) in [7, 11) is 0. The minimum atomic E-state index is -1.03. The van der Waals surface area contributed by atoms with E-state index in [1.165, 1.54) is 0 Å². The summed E-state index contributed by atoms with van der Waals surface area (Å²) in [5, 5.41) is 9.01. The Morgan fingerprint density at radius 1 is 1.33 bits per heavy atom. The number of halogens is 2. The van der Waals surface area contributed by atoms with Crippen molar-refractivity contribution in [1.82, 2.24) is 0 Å². The summed E-state index contributed by atoms with van der Waals surface area (Å²) in [5.74, 6) is -1.89. The zero-order valence-corrected chi connectivity index (χ0v) is 8.09. The molecule has 1 unspecified atom stereocenters. The number of rotatable bonds is 1. The number of hydrogen-bond donors (Lipinski definition) is 1. The highest BCUT2D eigenvalue weighted by atomic mass is 19.1. The molecule has 1 aromatic carbocycles. The molecule has 1 aliphatic rings. The fraction of sp³-hybridized carbons (Fsp3) is 0.400. The highest BCUT2D eigenvalue weighted by molar-refractivity contribution is 5.44. The Hall–Kier alpha value is -1.36. The molecule has 1 aliphatic heterocycles. The van der Waals surface area contributed by atoms with Crippen molar-refractivity contribution in [2.75, 3.05) is 13.2 Å². The molecule has 82 valence electrons. The molecule has 1 heterocycles. The Labute approximate surface area is 85.2 Å². The summed E-state index contributed by atoms with van der Waals surface area (Å²) < 4.78 is 36.7. The molecule has 0 saturated carbocycles. The van der Waals surface area contributed by atoms with Gasteiger partial charge in [-0.05, 0) is 19.1 Å². The van der Waals surface area contributed by atoms with Gasteiger partial charge in [0.15, 0.2) is 23.0 Å². The minimum absolute atomic E-state index is 0.0170. The van der Waals surface area contributed by atoms with Gasteiger partial charge in [-0.3, -0.25) is 0 Å². The van der Waals surface area contributed by atoms with Gasteiger partial charge in [-0.15, -0.1) is 0 Å². The van der Waals surface area contributed by atoms with Crippen LogP contribution in [0.4, 0.5) is 8.78 Å². The van der Waals surface area contributed by atoms with E-state index in [1.807, 2.05) is 0 Å². The third kappa shape index (κ3) is 1.63. The second-order valence-corrected chi connectivity index (χ2v) is 3.69. The summed E-state index contributed by atoms with van der Waals surface area (Å²) >= 11 is 0. The lowest BCUT2D eigenvalue weighted by molar-refractivity contribution is -0.0384. The maximum atomic E-state index is 13.3. The Kier molecular flexibility index (Phi) is 2.26. The predicted molar refractivity (Wildman–Crippen MR) is 48.0 cm³/mol. The van der Waals surface area contributed by atoms with E-state index in [-0.39, 0.29) is 24.7 Å². The maximum Gasteiger partial charge on any atom is 0.201 e. The van der Waals surface area contributed by atoms with E-state index in [0.717, 1.165) is 12.1 Å². The Balaban J connectivity index is 2.45. The van der Waals surface area contributed by atoms with Crippen molar-refractivity contribution in [1.29, 1.82) is 0 Å². The smallest absolute Gasteiger partial charge is 0.201 e. The van der Waals surface area contributed by atoms with Crippen LogP contribution in [0.2, 0.25) is 0 Å². The Morgan fingerprint density at radius 2 is 1.93 bits per heavy atom. The van der Waals surface area contributed by atoms with E-state index in [0.29, 0.717) is 0 Å². The van der Waals surface area contributed by atoms with Crippen molar-refractivity contribution < 1.29 is 23.4 Å². The molecular formula is C10H10F2O3. The standard InChI is InChI=1S/C10H10F2O3/c1-10(4-13)5-14-8-6(11)2-3-7(12)9(8)15-10/h2-3,13H,4-5H2,1H3. The average molecular weight is 216 g/mol. The van der Waals surface area contributed by atoms with Crippen LogP contribution in [0.5, 0.6) is 11.5 Å². The first-order valence-electron chi connectivity index (χ1n) is 4.46. The number of hydrogen-bond acceptors (Lipinski definition) is 3. The molecule has 3 nitrogen and oxygen atoms in total. The molecule has 0 saturated heterocycles. The van der Waals surface area contributed by atoms with Gasteiger partial charge in [-0.2, -0.15) is 0 Å². The monoisotopic (exact) mass is 216 g/mol. The molecule has 0 amide bonds. The van der Waals surface area contributed by atoms with Crippen molar-refractivity contribution in [3.8, 4) is 11.5 Å². The zero-order valence-electron chi connectivity index (χ0n) is 8.09. The van der Waals surface area contributed by atoms with Crippen molar-refractivity contribution in [2.45, 2.75) is 12.5 Å². The van der Waals surface area contributed by atoms with Crippen LogP contribution < -0.4 is 9.47 Å². The molecule has 0 aliphatic carbocycles. The molecule has 1 atom stereocenters. The second kappa shape index (κ2) is 3.34. The topological polar surface area (TPSA) is 38.7 Å². The lowest BCUT2D eigenvalue weighted by atomic mass is 10.1. The fourth-order valence-corrected chi connectivity index (χ4v) is 1.32. The van der Waals surface area contributed by atoms with E-state index in [9.17, 15) is 8.78 Å². The van der Waals surface area contributed by atoms with Crippen molar-refractivity contribution in [2.24, 2.45) is 0 Å². The summed E-state index contributed by atoms with van der Waals surface area (Å²) in [6.45, 7) is 1.21. The van der Waals surface area contributed by atoms with Crippen LogP contribution in [0.25, 0.3) is 0 Å². The molecule has 2 rings (SSSR count). The second-order valence-electron chi connectivity index (χ2n) is 3.69. The van der Waals surface area contributed by atoms with Crippen LogP contribution in [-0.4, -0.2) is 23.9 Å². The Bertz CT molecular complexity index is 394. The molecule has 5 heteroatoms. The van der Waals surface area contributed by atoms with Crippen LogP contribution in [0.1, 0.15) is 6.92 Å². The van der Waals surface area contributed by atoms with Gasteiger partial charge in [-0.25, -0.2) is 8.78 Å². The lowest BCUT2D eigenvalue weighted by Crippen LogP contribution is -2.45. The molecule has 0 aromatic heterocycles. The first-order valence-corrected chi connectivity index (χ1v) is 4.46. The minimum Gasteiger partial charge on any atom is -0.483 e. The fourth-order valence-electron chi connectivity index (χ4n) is 1.32. The van der Waals surface area contributed by atoms with Crippen molar-refractivity contribution in [3.63, 3.8) is 0 Å². The Morgan fingerprint density at radius 3 is 2.53 bits per heavy atom. The van der Waals surface area contributed by atoms with Gasteiger partial charge in [-0.1, -0.05) is 0 Å². The summed E-state index contributed by atoms with van der Waals surface area (Å²) in [5.41, 5.74) is -1.03. The number of ether oxygens (including phenoxy) is 2. The quantitative estimate of drug-likeness (QED) is 0.772. The third-order valence-corrected chi connectivity index (χ3v) is 2.22. The molecule has 0 spiro atoms. The molecule has 0 radical (unpaired) electrons. The van der Waals surface area contributed by atoms with Crippen molar-refractivity contribution in [3.05, 3.63) is 23.8 Å². The molecule has 15 heavy (non-hydrogen) atoms. The number of benzene rings is 1. The highest BCUT2D eigenvalue weighted by Gasteiger charge is 2.35. The van der Waals surface area contributed by atoms with Gasteiger partial charge in [0.2, 0.25) is 5.75 Å². The first-order chi connectivity index (χ1) is 7.06. The van der Waals surface area contributed by atoms with E-state index >= 15 is 0 Å². The van der Waals surface area contributed by atoms with E-state index in [2.05, 4.69) is 0 Å². The van der Waals surface area contributed by atoms with Crippen LogP contribution >= 0.6 is 0 Å². The SMILES string of the molecule is CC1(CO)COc2c(F)ccc(F)c2O1. The predicted octanol–water partition coefficient (Wildman–Crippen LogP) is 1.49. The van der Waals surface area contributed by atoms with Crippen LogP contribution in [-0.2, 0) is 0 Å². The first kappa shape index (κ1) is 10.2. The van der Waals surface area contributed by atoms with Gasteiger partial charge < -0.3 is 14.6 Å². The summed E-state index contributed by atoms with van der Waals surface area (Å²) in [6.07, 6.45) is 0. The van der Waals surface area contributed by atoms with Crippen LogP contribution in [0.3, 0.4) is 0 Å². The lowest BCUT2D eigenvalue weighted by Gasteiger charge is -2.34. The molecule has 1 aromatic rings. The van der Waals surface area contributed by atoms with E-state index in [4.69, 9.17) is 14.6 Å². The summed E-state index contributed by atoms with van der Waals surface area (Å²) in [6, 6.07) is 1.93. The maximum absolute atomic E-state index is 13.3. The van der Waals surface area contributed by atoms with Gasteiger partial charge in [0.25, 0.3) is 0 Å². The van der Waals surface area contributed by atoms with Crippen LogP contribution in [0.15, 0.2) is 12.1 Å². The zero-order chi connectivity index (χ0) is 11.1. The summed E-state index contributed by atoms with van der Waals surface area (Å²) in [4.78, 5) is 0. The third-order valence-electron chi connectivity index (χ3n) is 2.22. The van der Waals surface area contributed by atoms with E-state index < -0.39 is 17.2 Å². The van der Waals surface area contributed by atoms with E-state index in [1.54, 1.807) is 6.92 Å². The van der Waals surface area contributed by atoms with Crippen LogP contribution in [0, 0.1) is 11.6 Å². The number of aliphatic hydroxyl groups is 1. The van der Waals surface area contributed by atoms with Gasteiger partial charge in [0, 0.05) is 0 Å². The normalized spacial score (nSPS) is 24.0. The molecule has 0 bridgehead atoms. The van der Waals surface area contributed by atoms with Gasteiger partial charge >= 0.3 is 0 Å². The number of aliphatic hydroxyl groups excluding tert-OH is 1. The molecule has 1 N–H and O–H groups in total. The average Bonchev–Trinajstić information content (AvgIpc) is 2.24. The number of fused-ring (bicyclic) bond motifs is 1. The molecule has 0 fully saturated rings. The largest absolute Gasteiger partial charge is 0.483 e.